The molecule has 1 aliphatic carbocycles. The summed E-state index contributed by atoms with van der Waals surface area (Å²) in [5, 5.41) is 3.02. The number of ether oxygens (including phenoxy) is 1. The zero-order valence-corrected chi connectivity index (χ0v) is 26.3. The number of rotatable bonds is 11. The Balaban J connectivity index is 1.72. The lowest BCUT2D eigenvalue weighted by Gasteiger charge is -2.33. The first-order chi connectivity index (χ1) is 21.3. The molecule has 8 nitrogen and oxygen atoms in total. The number of carbonyl (C=O) groups excluding carboxylic acids is 2. The topological polar surface area (TPSA) is 96.0 Å². The van der Waals surface area contributed by atoms with Gasteiger partial charge in [-0.25, -0.2) is 8.42 Å². The number of amides is 2. The molecule has 0 spiro atoms. The van der Waals surface area contributed by atoms with Crippen LogP contribution in [0, 0.1) is 6.92 Å². The van der Waals surface area contributed by atoms with Gasteiger partial charge in [0.2, 0.25) is 11.8 Å². The fourth-order valence-electron chi connectivity index (χ4n) is 5.28. The van der Waals surface area contributed by atoms with E-state index in [0.29, 0.717) is 21.7 Å². The summed E-state index contributed by atoms with van der Waals surface area (Å²) in [6.07, 6.45) is -0.0461. The van der Waals surface area contributed by atoms with E-state index in [4.69, 9.17) is 4.74 Å². The number of halogens is 3. The van der Waals surface area contributed by atoms with Gasteiger partial charge in [-0.1, -0.05) is 55.2 Å². The van der Waals surface area contributed by atoms with Gasteiger partial charge in [0.15, 0.2) is 0 Å². The van der Waals surface area contributed by atoms with Crippen molar-refractivity contribution in [1.82, 2.24) is 10.2 Å². The van der Waals surface area contributed by atoms with Gasteiger partial charge < -0.3 is 15.0 Å². The molecule has 1 aliphatic rings. The van der Waals surface area contributed by atoms with E-state index >= 15 is 0 Å². The van der Waals surface area contributed by atoms with Crippen molar-refractivity contribution in [2.45, 2.75) is 75.7 Å². The van der Waals surface area contributed by atoms with Crippen LogP contribution >= 0.6 is 0 Å². The van der Waals surface area contributed by atoms with Crippen molar-refractivity contribution in [2.75, 3.05) is 18.0 Å². The molecule has 0 aromatic heterocycles. The van der Waals surface area contributed by atoms with Gasteiger partial charge in [0, 0.05) is 12.6 Å². The summed E-state index contributed by atoms with van der Waals surface area (Å²) >= 11 is 0. The molecule has 4 rings (SSSR count). The summed E-state index contributed by atoms with van der Waals surface area (Å²) < 4.78 is 74.8. The standard InChI is InChI=1S/C33H38F3N3O5S/c1-23-12-18-30(19-13-23)45(42,43)39(28-11-7-8-26(20-28)33(34,35)36)22-31(40)38(21-25-14-16-29(44-3)17-15-25)24(2)32(41)37-27-9-5-4-6-10-27/h7-8,11-20,24,27H,4-6,9-10,21-22H2,1-3H3,(H,37,41)/t24-/m1/s1. The third-order valence-corrected chi connectivity index (χ3v) is 9.77. The summed E-state index contributed by atoms with van der Waals surface area (Å²) in [4.78, 5) is 28.6. The highest BCUT2D eigenvalue weighted by atomic mass is 32.2. The van der Waals surface area contributed by atoms with E-state index in [2.05, 4.69) is 5.32 Å². The number of nitrogens with one attached hydrogen (secondary N) is 1. The van der Waals surface area contributed by atoms with E-state index in [1.807, 2.05) is 0 Å². The van der Waals surface area contributed by atoms with Gasteiger partial charge in [-0.15, -0.1) is 0 Å². The zero-order valence-electron chi connectivity index (χ0n) is 25.5. The minimum Gasteiger partial charge on any atom is -0.497 e. The highest BCUT2D eigenvalue weighted by Gasteiger charge is 2.35. The highest BCUT2D eigenvalue weighted by Crippen LogP contribution is 2.33. The Hall–Kier alpha value is -4.06. The van der Waals surface area contributed by atoms with Crippen LogP contribution in [0.2, 0.25) is 0 Å². The van der Waals surface area contributed by atoms with E-state index in [1.54, 1.807) is 50.2 Å². The zero-order chi connectivity index (χ0) is 32.8. The molecule has 0 unspecified atom stereocenters. The minimum absolute atomic E-state index is 0.0323. The number of anilines is 1. The van der Waals surface area contributed by atoms with Crippen LogP contribution < -0.4 is 14.4 Å². The lowest BCUT2D eigenvalue weighted by molar-refractivity contribution is -0.139. The van der Waals surface area contributed by atoms with Gasteiger partial charge in [0.1, 0.15) is 18.3 Å². The second kappa shape index (κ2) is 14.4. The molecule has 1 saturated carbocycles. The van der Waals surface area contributed by atoms with Crippen molar-refractivity contribution in [3.63, 3.8) is 0 Å². The fourth-order valence-corrected chi connectivity index (χ4v) is 6.69. The van der Waals surface area contributed by atoms with Crippen molar-refractivity contribution in [2.24, 2.45) is 0 Å². The quantitative estimate of drug-likeness (QED) is 0.273. The number of benzene rings is 3. The molecule has 3 aromatic rings. The lowest BCUT2D eigenvalue weighted by Crippen LogP contribution is -2.53. The van der Waals surface area contributed by atoms with Crippen molar-refractivity contribution in [1.29, 1.82) is 0 Å². The average Bonchev–Trinajstić information content (AvgIpc) is 3.02. The van der Waals surface area contributed by atoms with Crippen LogP contribution in [-0.4, -0.2) is 50.9 Å². The average molecular weight is 646 g/mol. The summed E-state index contributed by atoms with van der Waals surface area (Å²) in [7, 11) is -3.00. The Labute approximate surface area is 262 Å². The van der Waals surface area contributed by atoms with Gasteiger partial charge >= 0.3 is 6.18 Å². The molecule has 2 amide bonds. The van der Waals surface area contributed by atoms with E-state index in [0.717, 1.165) is 49.8 Å². The molecule has 0 radical (unpaired) electrons. The number of alkyl halides is 3. The normalized spacial score (nSPS) is 14.8. The third-order valence-electron chi connectivity index (χ3n) is 7.98. The summed E-state index contributed by atoms with van der Waals surface area (Å²) in [6.45, 7) is 2.43. The van der Waals surface area contributed by atoms with Gasteiger partial charge in [0.05, 0.1) is 23.3 Å². The van der Waals surface area contributed by atoms with Crippen LogP contribution in [0.3, 0.4) is 0 Å². The first-order valence-corrected chi connectivity index (χ1v) is 16.2. The predicted molar refractivity (Wildman–Crippen MR) is 165 cm³/mol. The van der Waals surface area contributed by atoms with Gasteiger partial charge in [-0.2, -0.15) is 13.2 Å². The second-order valence-electron chi connectivity index (χ2n) is 11.3. The number of hydrogen-bond donors (Lipinski definition) is 1. The van der Waals surface area contributed by atoms with E-state index in [1.165, 1.54) is 30.2 Å². The van der Waals surface area contributed by atoms with Gasteiger partial charge in [0.25, 0.3) is 10.0 Å². The molecular formula is C33H38F3N3O5S. The van der Waals surface area contributed by atoms with Crippen LogP contribution in [0.1, 0.15) is 55.7 Å². The number of carbonyl (C=O) groups is 2. The Morgan fingerprint density at radius 3 is 2.22 bits per heavy atom. The van der Waals surface area contributed by atoms with Crippen molar-refractivity contribution in [3.8, 4) is 5.75 Å². The van der Waals surface area contributed by atoms with Crippen molar-refractivity contribution in [3.05, 3.63) is 89.5 Å². The highest BCUT2D eigenvalue weighted by molar-refractivity contribution is 7.92. The SMILES string of the molecule is COc1ccc(CN(C(=O)CN(c2cccc(C(F)(F)F)c2)S(=O)(=O)c2ccc(C)cc2)[C@H](C)C(=O)NC2CCCCC2)cc1. The molecular weight excluding hydrogens is 607 g/mol. The van der Waals surface area contributed by atoms with Gasteiger partial charge in [-0.3, -0.25) is 13.9 Å². The maximum absolute atomic E-state index is 14.1. The Bertz CT molecular complexity index is 1570. The molecule has 242 valence electrons. The van der Waals surface area contributed by atoms with Gasteiger partial charge in [-0.05, 0) is 74.7 Å². The maximum Gasteiger partial charge on any atom is 0.416 e. The van der Waals surface area contributed by atoms with Crippen LogP contribution in [0.15, 0.2) is 77.7 Å². The summed E-state index contributed by atoms with van der Waals surface area (Å²) in [6, 6.07) is 15.4. The van der Waals surface area contributed by atoms with Crippen molar-refractivity contribution >= 4 is 27.5 Å². The van der Waals surface area contributed by atoms with Crippen LogP contribution in [-0.2, 0) is 32.3 Å². The van der Waals surface area contributed by atoms with E-state index in [9.17, 15) is 31.2 Å². The lowest BCUT2D eigenvalue weighted by atomic mass is 9.95. The monoisotopic (exact) mass is 645 g/mol. The molecule has 0 bridgehead atoms. The molecule has 45 heavy (non-hydrogen) atoms. The molecule has 1 fully saturated rings. The molecule has 0 aliphatic heterocycles. The molecule has 1 N–H and O–H groups in total. The first-order valence-electron chi connectivity index (χ1n) is 14.8. The minimum atomic E-state index is -4.74. The number of methoxy groups -OCH3 is 1. The molecule has 0 heterocycles. The smallest absolute Gasteiger partial charge is 0.416 e. The van der Waals surface area contributed by atoms with E-state index < -0.39 is 46.2 Å². The number of hydrogen-bond acceptors (Lipinski definition) is 5. The Morgan fingerprint density at radius 1 is 0.978 bits per heavy atom. The maximum atomic E-state index is 14.1. The first kappa shape index (κ1) is 33.8. The number of sulfonamides is 1. The van der Waals surface area contributed by atoms with Crippen LogP contribution in [0.5, 0.6) is 5.75 Å². The molecule has 0 saturated heterocycles. The van der Waals surface area contributed by atoms with E-state index in [-0.39, 0.29) is 23.2 Å². The summed E-state index contributed by atoms with van der Waals surface area (Å²) in [5.74, 6) is -0.569. The molecule has 1 atom stereocenters. The fraction of sp³-hybridized carbons (Fsp3) is 0.394. The Kier molecular flexibility index (Phi) is 10.8. The Morgan fingerprint density at radius 2 is 1.62 bits per heavy atom. The second-order valence-corrected chi connectivity index (χ2v) is 13.1. The van der Waals surface area contributed by atoms with Crippen molar-refractivity contribution < 1.29 is 35.9 Å². The van der Waals surface area contributed by atoms with Crippen LogP contribution in [0.4, 0.5) is 18.9 Å². The molecule has 3 aromatic carbocycles. The third kappa shape index (κ3) is 8.56. The molecule has 12 heteroatoms. The predicted octanol–water partition coefficient (Wildman–Crippen LogP) is 6.08. The van der Waals surface area contributed by atoms with Crippen LogP contribution in [0.25, 0.3) is 0 Å². The largest absolute Gasteiger partial charge is 0.497 e. The number of aryl methyl sites for hydroxylation is 1. The summed E-state index contributed by atoms with van der Waals surface area (Å²) in [5.41, 5.74) is 0.0296. The number of nitrogens with zero attached hydrogens (tertiary/aromatic N) is 2.